The predicted molar refractivity (Wildman–Crippen MR) is 108 cm³/mol. The number of nitrogens with zero attached hydrogens (tertiary/aromatic N) is 3. The van der Waals surface area contributed by atoms with Gasteiger partial charge in [0.15, 0.2) is 0 Å². The lowest BCUT2D eigenvalue weighted by atomic mass is 9.99. The zero-order chi connectivity index (χ0) is 18.8. The quantitative estimate of drug-likeness (QED) is 0.637. The Kier molecular flexibility index (Phi) is 4.99. The van der Waals surface area contributed by atoms with E-state index in [4.69, 9.17) is 16.7 Å². The van der Waals surface area contributed by atoms with Crippen LogP contribution in [0.3, 0.4) is 0 Å². The molecule has 2 aromatic carbocycles. The molecule has 1 saturated heterocycles. The molecule has 0 N–H and O–H groups in total. The van der Waals surface area contributed by atoms with Gasteiger partial charge in [-0.2, -0.15) is 5.10 Å². The van der Waals surface area contributed by atoms with Crippen molar-refractivity contribution in [2.24, 2.45) is 5.92 Å². The van der Waals surface area contributed by atoms with Crippen molar-refractivity contribution in [1.29, 1.82) is 0 Å². The monoisotopic (exact) mass is 379 g/mol. The minimum atomic E-state index is 0.0338. The summed E-state index contributed by atoms with van der Waals surface area (Å²) in [5.41, 5.74) is 3.20. The van der Waals surface area contributed by atoms with E-state index in [0.29, 0.717) is 16.6 Å². The molecule has 1 aliphatic rings. The first-order chi connectivity index (χ1) is 13.1. The van der Waals surface area contributed by atoms with Gasteiger partial charge in [-0.1, -0.05) is 48.9 Å². The highest BCUT2D eigenvalue weighted by Gasteiger charge is 2.25. The molecule has 0 aliphatic carbocycles. The molecule has 0 bridgehead atoms. The van der Waals surface area contributed by atoms with Crippen LogP contribution in [0.1, 0.15) is 30.3 Å². The maximum Gasteiger partial charge on any atom is 0.272 e. The van der Waals surface area contributed by atoms with Crippen LogP contribution in [0.5, 0.6) is 0 Å². The van der Waals surface area contributed by atoms with Crippen molar-refractivity contribution in [1.82, 2.24) is 14.7 Å². The first kappa shape index (κ1) is 17.8. The lowest BCUT2D eigenvalue weighted by Gasteiger charge is -2.30. The van der Waals surface area contributed by atoms with Gasteiger partial charge < -0.3 is 4.90 Å². The lowest BCUT2D eigenvalue weighted by Crippen LogP contribution is -2.38. The minimum absolute atomic E-state index is 0.0338. The zero-order valence-electron chi connectivity index (χ0n) is 15.3. The van der Waals surface area contributed by atoms with Crippen molar-refractivity contribution in [2.45, 2.75) is 19.8 Å². The largest absolute Gasteiger partial charge is 0.337 e. The molecule has 27 heavy (non-hydrogen) atoms. The number of carbonyl (C=O) groups is 1. The molecule has 3 aromatic rings. The molecule has 5 heteroatoms. The molecule has 4 rings (SSSR count). The van der Waals surface area contributed by atoms with Gasteiger partial charge in [0.2, 0.25) is 0 Å². The van der Waals surface area contributed by atoms with E-state index in [0.717, 1.165) is 42.9 Å². The summed E-state index contributed by atoms with van der Waals surface area (Å²) < 4.78 is 1.74. The van der Waals surface area contributed by atoms with Crippen LogP contribution in [-0.2, 0) is 0 Å². The van der Waals surface area contributed by atoms with Crippen LogP contribution in [0, 0.1) is 5.92 Å². The maximum absolute atomic E-state index is 13.3. The molecule has 1 aliphatic heterocycles. The second-order valence-corrected chi connectivity index (χ2v) is 7.58. The number of hydrogen-bond acceptors (Lipinski definition) is 2. The van der Waals surface area contributed by atoms with E-state index in [9.17, 15) is 4.79 Å². The van der Waals surface area contributed by atoms with Crippen molar-refractivity contribution in [3.63, 3.8) is 0 Å². The van der Waals surface area contributed by atoms with Crippen molar-refractivity contribution in [3.8, 4) is 16.9 Å². The number of amides is 1. The fraction of sp³-hybridized carbons (Fsp3) is 0.273. The Bertz CT molecular complexity index is 926. The average Bonchev–Trinajstić information content (AvgIpc) is 3.15. The molecule has 2 heterocycles. The Hall–Kier alpha value is -2.59. The molecule has 1 aromatic heterocycles. The topological polar surface area (TPSA) is 38.1 Å². The van der Waals surface area contributed by atoms with E-state index in [1.807, 2.05) is 65.6 Å². The summed E-state index contributed by atoms with van der Waals surface area (Å²) in [4.78, 5) is 15.2. The van der Waals surface area contributed by atoms with E-state index in [1.54, 1.807) is 4.68 Å². The molecule has 0 saturated carbocycles. The highest BCUT2D eigenvalue weighted by Crippen LogP contribution is 2.25. The van der Waals surface area contributed by atoms with Gasteiger partial charge >= 0.3 is 0 Å². The molecule has 0 spiro atoms. The van der Waals surface area contributed by atoms with Crippen molar-refractivity contribution >= 4 is 17.5 Å². The standard InChI is InChI=1S/C22H22ClN3O/c1-16-11-13-25(14-12-16)22(27)21-15-20(17-5-3-2-4-6-17)24-26(21)19-9-7-18(23)8-10-19/h2-10,15-16H,11-14H2,1H3. The fourth-order valence-corrected chi connectivity index (χ4v) is 3.56. The summed E-state index contributed by atoms with van der Waals surface area (Å²) in [6.07, 6.45) is 2.10. The van der Waals surface area contributed by atoms with Gasteiger partial charge in [-0.05, 0) is 49.1 Å². The molecule has 0 radical (unpaired) electrons. The normalized spacial score (nSPS) is 15.1. The van der Waals surface area contributed by atoms with Gasteiger partial charge in [0.05, 0.1) is 11.4 Å². The Morgan fingerprint density at radius 3 is 2.37 bits per heavy atom. The summed E-state index contributed by atoms with van der Waals surface area (Å²) in [6, 6.07) is 19.2. The molecular formula is C22H22ClN3O. The third-order valence-corrected chi connectivity index (χ3v) is 5.39. The Labute approximate surface area is 164 Å². The smallest absolute Gasteiger partial charge is 0.272 e. The molecule has 1 amide bonds. The SMILES string of the molecule is CC1CCN(C(=O)c2cc(-c3ccccc3)nn2-c2ccc(Cl)cc2)CC1. The summed E-state index contributed by atoms with van der Waals surface area (Å²) in [5, 5.41) is 5.40. The van der Waals surface area contributed by atoms with Crippen LogP contribution in [0.4, 0.5) is 0 Å². The Morgan fingerprint density at radius 2 is 1.70 bits per heavy atom. The van der Waals surface area contributed by atoms with Crippen LogP contribution in [0.2, 0.25) is 5.02 Å². The summed E-state index contributed by atoms with van der Waals surface area (Å²) in [5.74, 6) is 0.710. The van der Waals surface area contributed by atoms with Crippen LogP contribution >= 0.6 is 11.6 Å². The number of aromatic nitrogens is 2. The van der Waals surface area contributed by atoms with Crippen molar-refractivity contribution in [2.75, 3.05) is 13.1 Å². The zero-order valence-corrected chi connectivity index (χ0v) is 16.1. The van der Waals surface area contributed by atoms with Gasteiger partial charge in [-0.15, -0.1) is 0 Å². The van der Waals surface area contributed by atoms with E-state index in [-0.39, 0.29) is 5.91 Å². The second kappa shape index (κ2) is 7.57. The maximum atomic E-state index is 13.3. The van der Waals surface area contributed by atoms with Gasteiger partial charge in [0.25, 0.3) is 5.91 Å². The number of hydrogen-bond donors (Lipinski definition) is 0. The van der Waals surface area contributed by atoms with Gasteiger partial charge in [0, 0.05) is 23.7 Å². The first-order valence-electron chi connectivity index (χ1n) is 9.32. The van der Waals surface area contributed by atoms with Crippen LogP contribution in [0.25, 0.3) is 16.9 Å². The minimum Gasteiger partial charge on any atom is -0.337 e. The number of piperidine rings is 1. The summed E-state index contributed by atoms with van der Waals surface area (Å²) >= 11 is 6.03. The van der Waals surface area contributed by atoms with Crippen molar-refractivity contribution < 1.29 is 4.79 Å². The highest BCUT2D eigenvalue weighted by atomic mass is 35.5. The third kappa shape index (κ3) is 3.76. The van der Waals surface area contributed by atoms with Crippen molar-refractivity contribution in [3.05, 3.63) is 71.4 Å². The number of halogens is 1. The predicted octanol–water partition coefficient (Wildman–Crippen LogP) is 5.06. The first-order valence-corrected chi connectivity index (χ1v) is 9.70. The molecular weight excluding hydrogens is 358 g/mol. The number of benzene rings is 2. The molecule has 138 valence electrons. The Morgan fingerprint density at radius 1 is 1.04 bits per heavy atom. The second-order valence-electron chi connectivity index (χ2n) is 7.14. The fourth-order valence-electron chi connectivity index (χ4n) is 3.44. The number of likely N-dealkylation sites (tertiary alicyclic amines) is 1. The molecule has 0 atom stereocenters. The lowest BCUT2D eigenvalue weighted by molar-refractivity contribution is 0.0688. The van der Waals surface area contributed by atoms with Gasteiger partial charge in [0.1, 0.15) is 5.69 Å². The van der Waals surface area contributed by atoms with E-state index < -0.39 is 0 Å². The number of rotatable bonds is 3. The molecule has 0 unspecified atom stereocenters. The van der Waals surface area contributed by atoms with Crippen LogP contribution in [0.15, 0.2) is 60.7 Å². The van der Waals surface area contributed by atoms with Crippen LogP contribution < -0.4 is 0 Å². The van der Waals surface area contributed by atoms with E-state index >= 15 is 0 Å². The Balaban J connectivity index is 1.75. The van der Waals surface area contributed by atoms with Gasteiger partial charge in [-0.3, -0.25) is 4.79 Å². The van der Waals surface area contributed by atoms with E-state index in [1.165, 1.54) is 0 Å². The molecule has 4 nitrogen and oxygen atoms in total. The highest BCUT2D eigenvalue weighted by molar-refractivity contribution is 6.30. The summed E-state index contributed by atoms with van der Waals surface area (Å²) in [7, 11) is 0. The van der Waals surface area contributed by atoms with E-state index in [2.05, 4.69) is 6.92 Å². The summed E-state index contributed by atoms with van der Waals surface area (Å²) in [6.45, 7) is 3.84. The van der Waals surface area contributed by atoms with Crippen LogP contribution in [-0.4, -0.2) is 33.7 Å². The third-order valence-electron chi connectivity index (χ3n) is 5.14. The number of carbonyl (C=O) groups excluding carboxylic acids is 1. The molecule has 1 fully saturated rings. The van der Waals surface area contributed by atoms with Gasteiger partial charge in [-0.25, -0.2) is 4.68 Å². The average molecular weight is 380 g/mol.